The second-order valence-corrected chi connectivity index (χ2v) is 3.35. The molecular formula is C10H15Cl2N5O. The van der Waals surface area contributed by atoms with Crippen LogP contribution in [-0.2, 0) is 4.79 Å². The first-order chi connectivity index (χ1) is 7.81. The van der Waals surface area contributed by atoms with Crippen molar-refractivity contribution >= 4 is 42.3 Å². The highest BCUT2D eigenvalue weighted by Crippen LogP contribution is 2.07. The summed E-state index contributed by atoms with van der Waals surface area (Å²) in [5.74, 6) is 0.379. The number of pyridine rings is 1. The minimum Gasteiger partial charge on any atom is -0.319 e. The summed E-state index contributed by atoms with van der Waals surface area (Å²) in [7, 11) is 1.81. The van der Waals surface area contributed by atoms with Gasteiger partial charge in [0.1, 0.15) is 0 Å². The highest BCUT2D eigenvalue weighted by atomic mass is 35.5. The summed E-state index contributed by atoms with van der Waals surface area (Å²) >= 11 is 0. The van der Waals surface area contributed by atoms with Gasteiger partial charge in [0.2, 0.25) is 11.9 Å². The van der Waals surface area contributed by atoms with Crippen LogP contribution in [-0.4, -0.2) is 34.1 Å². The zero-order valence-corrected chi connectivity index (χ0v) is 11.4. The van der Waals surface area contributed by atoms with Crippen molar-refractivity contribution in [3.05, 3.63) is 24.4 Å². The van der Waals surface area contributed by atoms with Crippen molar-refractivity contribution in [2.45, 2.75) is 6.42 Å². The van der Waals surface area contributed by atoms with Gasteiger partial charge in [-0.2, -0.15) is 0 Å². The third-order valence-electron chi connectivity index (χ3n) is 2.17. The van der Waals surface area contributed by atoms with Gasteiger partial charge in [0, 0.05) is 19.2 Å². The van der Waals surface area contributed by atoms with Crippen molar-refractivity contribution in [2.24, 2.45) is 0 Å². The number of rotatable bonds is 4. The summed E-state index contributed by atoms with van der Waals surface area (Å²) in [5, 5.41) is 13.5. The van der Waals surface area contributed by atoms with E-state index in [9.17, 15) is 4.79 Å². The molecule has 0 radical (unpaired) electrons. The molecule has 0 aliphatic heterocycles. The third-order valence-corrected chi connectivity index (χ3v) is 2.17. The largest absolute Gasteiger partial charge is 0.319 e. The number of fused-ring (bicyclic) bond motifs is 1. The molecule has 18 heavy (non-hydrogen) atoms. The molecule has 2 aromatic rings. The molecule has 1 amide bonds. The fourth-order valence-corrected chi connectivity index (χ4v) is 1.35. The summed E-state index contributed by atoms with van der Waals surface area (Å²) in [4.78, 5) is 11.5. The fourth-order valence-electron chi connectivity index (χ4n) is 1.35. The van der Waals surface area contributed by atoms with Crippen LogP contribution in [0.2, 0.25) is 0 Å². The van der Waals surface area contributed by atoms with Gasteiger partial charge in [-0.3, -0.25) is 14.5 Å². The van der Waals surface area contributed by atoms with Crippen LogP contribution in [0, 0.1) is 0 Å². The zero-order chi connectivity index (χ0) is 11.4. The summed E-state index contributed by atoms with van der Waals surface area (Å²) in [6.07, 6.45) is 2.22. The maximum atomic E-state index is 11.5. The number of hydrogen-bond acceptors (Lipinski definition) is 4. The molecule has 0 atom stereocenters. The molecule has 0 spiro atoms. The molecule has 0 saturated carbocycles. The SMILES string of the molecule is CNCCC(=O)Nc1nnc2ccccn12.Cl.Cl. The van der Waals surface area contributed by atoms with Crippen molar-refractivity contribution < 1.29 is 4.79 Å². The molecular weight excluding hydrogens is 277 g/mol. The summed E-state index contributed by atoms with van der Waals surface area (Å²) < 4.78 is 1.73. The number of carbonyl (C=O) groups is 1. The number of anilines is 1. The summed E-state index contributed by atoms with van der Waals surface area (Å²) in [5.41, 5.74) is 0.714. The van der Waals surface area contributed by atoms with E-state index in [1.807, 2.05) is 24.4 Å². The van der Waals surface area contributed by atoms with Crippen molar-refractivity contribution in [1.29, 1.82) is 0 Å². The smallest absolute Gasteiger partial charge is 0.235 e. The number of halogens is 2. The Morgan fingerprint density at radius 3 is 2.83 bits per heavy atom. The van der Waals surface area contributed by atoms with Gasteiger partial charge in [-0.25, -0.2) is 0 Å². The van der Waals surface area contributed by atoms with E-state index in [1.165, 1.54) is 0 Å². The predicted octanol–water partition coefficient (Wildman–Crippen LogP) is 1.12. The second kappa shape index (κ2) is 7.86. The maximum Gasteiger partial charge on any atom is 0.235 e. The predicted molar refractivity (Wildman–Crippen MR) is 74.7 cm³/mol. The molecule has 0 saturated heterocycles. The lowest BCUT2D eigenvalue weighted by Gasteiger charge is -2.02. The topological polar surface area (TPSA) is 71.3 Å². The molecule has 2 heterocycles. The standard InChI is InChI=1S/C10H13N5O.2ClH/c1-11-6-5-9(16)12-10-14-13-8-4-2-3-7-15(8)10;;/h2-4,7,11H,5-6H2,1H3,(H,12,14,16);2*1H. The Bertz CT molecular complexity index is 502. The number of nitrogens with zero attached hydrogens (tertiary/aromatic N) is 3. The van der Waals surface area contributed by atoms with E-state index in [2.05, 4.69) is 20.8 Å². The first-order valence-corrected chi connectivity index (χ1v) is 5.05. The van der Waals surface area contributed by atoms with E-state index in [-0.39, 0.29) is 30.7 Å². The van der Waals surface area contributed by atoms with E-state index >= 15 is 0 Å². The van der Waals surface area contributed by atoms with Crippen LogP contribution in [0.4, 0.5) is 5.95 Å². The highest BCUT2D eigenvalue weighted by Gasteiger charge is 2.07. The molecule has 2 rings (SSSR count). The fraction of sp³-hybridized carbons (Fsp3) is 0.300. The first-order valence-electron chi connectivity index (χ1n) is 5.05. The van der Waals surface area contributed by atoms with E-state index in [4.69, 9.17) is 0 Å². The average molecular weight is 292 g/mol. The van der Waals surface area contributed by atoms with Crippen LogP contribution in [0.1, 0.15) is 6.42 Å². The Morgan fingerprint density at radius 2 is 2.11 bits per heavy atom. The molecule has 0 aliphatic rings. The van der Waals surface area contributed by atoms with Crippen molar-refractivity contribution in [3.8, 4) is 0 Å². The minimum atomic E-state index is -0.0764. The van der Waals surface area contributed by atoms with Crippen LogP contribution in [0.25, 0.3) is 5.65 Å². The molecule has 8 heteroatoms. The highest BCUT2D eigenvalue weighted by molar-refractivity contribution is 5.89. The van der Waals surface area contributed by atoms with Crippen molar-refractivity contribution in [1.82, 2.24) is 19.9 Å². The monoisotopic (exact) mass is 291 g/mol. The zero-order valence-electron chi connectivity index (χ0n) is 9.79. The molecule has 2 aromatic heterocycles. The normalized spacial score (nSPS) is 9.39. The Labute approximate surface area is 117 Å². The van der Waals surface area contributed by atoms with Gasteiger partial charge in [0.25, 0.3) is 0 Å². The lowest BCUT2D eigenvalue weighted by molar-refractivity contribution is -0.116. The summed E-state index contributed by atoms with van der Waals surface area (Å²) in [6, 6.07) is 5.56. The molecule has 0 aliphatic carbocycles. The third kappa shape index (κ3) is 3.83. The number of carbonyl (C=O) groups excluding carboxylic acids is 1. The molecule has 0 unspecified atom stereocenters. The molecule has 100 valence electrons. The number of amides is 1. The van der Waals surface area contributed by atoms with Gasteiger partial charge in [-0.05, 0) is 19.2 Å². The van der Waals surface area contributed by atoms with Crippen LogP contribution < -0.4 is 10.6 Å². The van der Waals surface area contributed by atoms with Crippen LogP contribution >= 0.6 is 24.8 Å². The van der Waals surface area contributed by atoms with E-state index < -0.39 is 0 Å². The Hall–Kier alpha value is -1.37. The van der Waals surface area contributed by atoms with Gasteiger partial charge in [-0.1, -0.05) is 6.07 Å². The van der Waals surface area contributed by atoms with Crippen molar-refractivity contribution in [3.63, 3.8) is 0 Å². The molecule has 0 aromatic carbocycles. The lowest BCUT2D eigenvalue weighted by Crippen LogP contribution is -2.19. The van der Waals surface area contributed by atoms with Crippen LogP contribution in [0.3, 0.4) is 0 Å². The van der Waals surface area contributed by atoms with Gasteiger partial charge >= 0.3 is 0 Å². The van der Waals surface area contributed by atoms with Gasteiger partial charge < -0.3 is 5.32 Å². The number of nitrogens with one attached hydrogen (secondary N) is 2. The molecule has 0 fully saturated rings. The Balaban J connectivity index is 0.00000144. The number of aromatic nitrogens is 3. The minimum absolute atomic E-state index is 0. The van der Waals surface area contributed by atoms with E-state index in [0.29, 0.717) is 24.6 Å². The second-order valence-electron chi connectivity index (χ2n) is 3.35. The lowest BCUT2D eigenvalue weighted by atomic mass is 10.4. The number of hydrogen-bond donors (Lipinski definition) is 2. The quantitative estimate of drug-likeness (QED) is 0.886. The molecule has 0 bridgehead atoms. The Kier molecular flexibility index (Phi) is 7.26. The van der Waals surface area contributed by atoms with Crippen LogP contribution in [0.15, 0.2) is 24.4 Å². The van der Waals surface area contributed by atoms with Crippen LogP contribution in [0.5, 0.6) is 0 Å². The summed E-state index contributed by atoms with van der Waals surface area (Å²) in [6.45, 7) is 0.641. The van der Waals surface area contributed by atoms with E-state index in [1.54, 1.807) is 11.4 Å². The van der Waals surface area contributed by atoms with Gasteiger partial charge in [-0.15, -0.1) is 35.0 Å². The molecule has 2 N–H and O–H groups in total. The van der Waals surface area contributed by atoms with Crippen molar-refractivity contribution in [2.75, 3.05) is 18.9 Å². The Morgan fingerprint density at radius 1 is 1.33 bits per heavy atom. The van der Waals surface area contributed by atoms with Gasteiger partial charge in [0.05, 0.1) is 0 Å². The van der Waals surface area contributed by atoms with Gasteiger partial charge in [0.15, 0.2) is 5.65 Å². The van der Waals surface area contributed by atoms with E-state index in [0.717, 1.165) is 0 Å². The maximum absolute atomic E-state index is 11.5. The molecule has 6 nitrogen and oxygen atoms in total. The first kappa shape index (κ1) is 16.6. The average Bonchev–Trinajstić information content (AvgIpc) is 2.70.